The summed E-state index contributed by atoms with van der Waals surface area (Å²) in [7, 11) is 0. The largest absolute Gasteiger partial charge is 0.384 e. The quantitative estimate of drug-likeness (QED) is 0.554. The number of pyridine rings is 1. The van der Waals surface area contributed by atoms with Crippen LogP contribution in [-0.4, -0.2) is 32.6 Å². The number of aryl methyl sites for hydroxylation is 1. The zero-order chi connectivity index (χ0) is 13.7. The Bertz CT molecular complexity index is 536. The van der Waals surface area contributed by atoms with Crippen LogP contribution in [0.1, 0.15) is 22.6 Å². The average molecular weight is 281 g/mol. The molecule has 0 aromatic carbocycles. The highest BCUT2D eigenvalue weighted by atomic mass is 35.5. The minimum Gasteiger partial charge on any atom is -0.384 e. The highest BCUT2D eigenvalue weighted by molar-refractivity contribution is 6.29. The number of hydrogen-bond donors (Lipinski definition) is 3. The van der Waals surface area contributed by atoms with Crippen molar-refractivity contribution in [2.45, 2.75) is 12.8 Å². The summed E-state index contributed by atoms with van der Waals surface area (Å²) < 4.78 is 0. The number of nitrogen functional groups attached to an aromatic ring is 1. The Labute approximate surface area is 114 Å². The van der Waals surface area contributed by atoms with Gasteiger partial charge in [0.15, 0.2) is 0 Å². The van der Waals surface area contributed by atoms with Crippen LogP contribution in [0.4, 0.5) is 5.82 Å². The molecule has 0 aliphatic rings. The zero-order valence-corrected chi connectivity index (χ0v) is 10.8. The van der Waals surface area contributed by atoms with Crippen LogP contribution in [0.25, 0.3) is 0 Å². The molecule has 0 atom stereocenters. The highest BCUT2D eigenvalue weighted by Crippen LogP contribution is 2.11. The van der Waals surface area contributed by atoms with E-state index >= 15 is 0 Å². The number of hydrogen-bond acceptors (Lipinski definition) is 5. The van der Waals surface area contributed by atoms with Crippen molar-refractivity contribution in [2.24, 2.45) is 0 Å². The molecule has 4 N–H and O–H groups in total. The maximum Gasteiger partial charge on any atom is 0.251 e. The predicted octanol–water partition coefficient (Wildman–Crippen LogP) is 0.798. The van der Waals surface area contributed by atoms with Crippen molar-refractivity contribution in [3.63, 3.8) is 0 Å². The lowest BCUT2D eigenvalue weighted by Crippen LogP contribution is -2.25. The third kappa shape index (κ3) is 3.92. The first-order chi connectivity index (χ1) is 9.15. The van der Waals surface area contributed by atoms with Gasteiger partial charge in [-0.25, -0.2) is 9.97 Å². The van der Waals surface area contributed by atoms with Gasteiger partial charge in [-0.05, 0) is 18.6 Å². The predicted molar refractivity (Wildman–Crippen MR) is 70.7 cm³/mol. The molecule has 0 aliphatic carbocycles. The molecule has 7 nitrogen and oxygen atoms in total. The number of carbonyl (C=O) groups is 1. The molecular weight excluding hydrogens is 268 g/mol. The monoisotopic (exact) mass is 280 g/mol. The van der Waals surface area contributed by atoms with Crippen molar-refractivity contribution in [3.8, 4) is 0 Å². The first kappa shape index (κ1) is 13.3. The third-order valence-corrected chi connectivity index (χ3v) is 2.61. The van der Waals surface area contributed by atoms with Crippen LogP contribution < -0.4 is 11.1 Å². The van der Waals surface area contributed by atoms with Crippen LogP contribution in [0.3, 0.4) is 0 Å². The highest BCUT2D eigenvalue weighted by Gasteiger charge is 2.07. The Hall–Kier alpha value is -2.15. The van der Waals surface area contributed by atoms with E-state index in [0.717, 1.165) is 18.7 Å². The van der Waals surface area contributed by atoms with Crippen LogP contribution in [0.15, 0.2) is 18.5 Å². The maximum absolute atomic E-state index is 11.8. The lowest BCUT2D eigenvalue weighted by Gasteiger charge is -2.05. The molecule has 8 heteroatoms. The molecule has 0 saturated heterocycles. The molecule has 2 heterocycles. The first-order valence-electron chi connectivity index (χ1n) is 5.70. The molecular formula is C11H13ClN6O. The van der Waals surface area contributed by atoms with Crippen LogP contribution >= 0.6 is 11.6 Å². The van der Waals surface area contributed by atoms with E-state index in [1.54, 1.807) is 0 Å². The van der Waals surface area contributed by atoms with Crippen LogP contribution in [-0.2, 0) is 6.42 Å². The number of H-pyrrole nitrogens is 1. The first-order valence-corrected chi connectivity index (χ1v) is 6.08. The van der Waals surface area contributed by atoms with E-state index in [-0.39, 0.29) is 16.9 Å². The lowest BCUT2D eigenvalue weighted by atomic mass is 10.2. The summed E-state index contributed by atoms with van der Waals surface area (Å²) in [5.74, 6) is 0.790. The van der Waals surface area contributed by atoms with Crippen molar-refractivity contribution >= 4 is 23.3 Å². The summed E-state index contributed by atoms with van der Waals surface area (Å²) in [5.41, 5.74) is 5.92. The third-order valence-electron chi connectivity index (χ3n) is 2.42. The number of carbonyl (C=O) groups excluding carboxylic acids is 1. The maximum atomic E-state index is 11.8. The minimum absolute atomic E-state index is 0.201. The van der Waals surface area contributed by atoms with Gasteiger partial charge in [0.25, 0.3) is 5.91 Å². The topological polar surface area (TPSA) is 110 Å². The number of anilines is 1. The van der Waals surface area contributed by atoms with Crippen LogP contribution in [0, 0.1) is 0 Å². The van der Waals surface area contributed by atoms with Crippen molar-refractivity contribution < 1.29 is 4.79 Å². The van der Waals surface area contributed by atoms with Gasteiger partial charge in [0.1, 0.15) is 23.1 Å². The van der Waals surface area contributed by atoms with E-state index < -0.39 is 0 Å². The number of aromatic amines is 1. The molecule has 0 bridgehead atoms. The van der Waals surface area contributed by atoms with Gasteiger partial charge in [-0.1, -0.05) is 11.6 Å². The SMILES string of the molecule is Nc1cc(C(=O)NCCCc2ncn[nH]2)cc(Cl)n1. The van der Waals surface area contributed by atoms with Gasteiger partial charge >= 0.3 is 0 Å². The number of nitrogens with one attached hydrogen (secondary N) is 2. The van der Waals surface area contributed by atoms with Gasteiger partial charge in [-0.3, -0.25) is 9.89 Å². The van der Waals surface area contributed by atoms with E-state index in [1.165, 1.54) is 18.5 Å². The standard InChI is InChI=1S/C11H13ClN6O/c12-8-4-7(5-9(13)17-8)11(19)14-3-1-2-10-15-6-16-18-10/h4-6H,1-3H2,(H2,13,17)(H,14,19)(H,15,16,18). The molecule has 0 unspecified atom stereocenters. The molecule has 2 aromatic heterocycles. The Morgan fingerprint density at radius 3 is 3.00 bits per heavy atom. The molecule has 1 amide bonds. The molecule has 19 heavy (non-hydrogen) atoms. The second-order valence-corrected chi connectivity index (χ2v) is 4.28. The second kappa shape index (κ2) is 6.14. The van der Waals surface area contributed by atoms with Crippen LogP contribution in [0.5, 0.6) is 0 Å². The number of nitrogens with two attached hydrogens (primary N) is 1. The summed E-state index contributed by atoms with van der Waals surface area (Å²) >= 11 is 5.73. The van der Waals surface area contributed by atoms with Gasteiger partial charge in [-0.2, -0.15) is 5.10 Å². The number of rotatable bonds is 5. The second-order valence-electron chi connectivity index (χ2n) is 3.90. The van der Waals surface area contributed by atoms with E-state index in [9.17, 15) is 4.79 Å². The Morgan fingerprint density at radius 2 is 2.32 bits per heavy atom. The Kier molecular flexibility index (Phi) is 4.30. The summed E-state index contributed by atoms with van der Waals surface area (Å²) in [6.07, 6.45) is 2.93. The molecule has 0 spiro atoms. The van der Waals surface area contributed by atoms with E-state index in [0.29, 0.717) is 12.1 Å². The van der Waals surface area contributed by atoms with Gasteiger partial charge in [-0.15, -0.1) is 0 Å². The fraction of sp³-hybridized carbons (Fsp3) is 0.273. The fourth-order valence-corrected chi connectivity index (χ4v) is 1.77. The zero-order valence-electron chi connectivity index (χ0n) is 10.1. The van der Waals surface area contributed by atoms with E-state index in [4.69, 9.17) is 17.3 Å². The normalized spacial score (nSPS) is 10.4. The Morgan fingerprint density at radius 1 is 1.47 bits per heavy atom. The summed E-state index contributed by atoms with van der Waals surface area (Å²) in [5, 5.41) is 9.47. The minimum atomic E-state index is -0.228. The fourth-order valence-electron chi connectivity index (χ4n) is 1.56. The van der Waals surface area contributed by atoms with Crippen molar-refractivity contribution in [1.82, 2.24) is 25.5 Å². The van der Waals surface area contributed by atoms with E-state index in [1.807, 2.05) is 0 Å². The average Bonchev–Trinajstić information content (AvgIpc) is 2.86. The van der Waals surface area contributed by atoms with Gasteiger partial charge in [0.05, 0.1) is 0 Å². The molecule has 0 radical (unpaired) electrons. The Balaban J connectivity index is 1.80. The van der Waals surface area contributed by atoms with Crippen molar-refractivity contribution in [1.29, 1.82) is 0 Å². The lowest BCUT2D eigenvalue weighted by molar-refractivity contribution is 0.0953. The molecule has 2 aromatic rings. The summed E-state index contributed by atoms with van der Waals surface area (Å²) in [6.45, 7) is 0.527. The molecule has 100 valence electrons. The molecule has 0 fully saturated rings. The van der Waals surface area contributed by atoms with Gasteiger partial charge < -0.3 is 11.1 Å². The number of amides is 1. The summed E-state index contributed by atoms with van der Waals surface area (Å²) in [6, 6.07) is 2.96. The molecule has 0 aliphatic heterocycles. The van der Waals surface area contributed by atoms with Gasteiger partial charge in [0.2, 0.25) is 0 Å². The van der Waals surface area contributed by atoms with Crippen molar-refractivity contribution in [3.05, 3.63) is 35.0 Å². The summed E-state index contributed by atoms with van der Waals surface area (Å²) in [4.78, 5) is 19.6. The van der Waals surface area contributed by atoms with Crippen LogP contribution in [0.2, 0.25) is 5.15 Å². The molecule has 0 saturated carbocycles. The van der Waals surface area contributed by atoms with Crippen molar-refractivity contribution in [2.75, 3.05) is 12.3 Å². The number of halogens is 1. The van der Waals surface area contributed by atoms with Gasteiger partial charge in [0, 0.05) is 18.5 Å². The van der Waals surface area contributed by atoms with E-state index in [2.05, 4.69) is 25.5 Å². The smallest absolute Gasteiger partial charge is 0.251 e. The number of nitrogens with zero attached hydrogens (tertiary/aromatic N) is 3. The number of aromatic nitrogens is 4. The molecule has 2 rings (SSSR count).